The van der Waals surface area contributed by atoms with Gasteiger partial charge in [0.05, 0.1) is 13.7 Å². The Balaban J connectivity index is 0.00000289. The zero-order valence-electron chi connectivity index (χ0n) is 10.8. The van der Waals surface area contributed by atoms with E-state index in [0.29, 0.717) is 19.0 Å². The number of methoxy groups -OCH3 is 1. The number of hydrogen-bond donors (Lipinski definition) is 2. The van der Waals surface area contributed by atoms with Crippen LogP contribution in [0.2, 0.25) is 0 Å². The molecule has 1 rings (SSSR count). The van der Waals surface area contributed by atoms with E-state index >= 15 is 0 Å². The summed E-state index contributed by atoms with van der Waals surface area (Å²) in [5.41, 5.74) is 7.74. The predicted molar refractivity (Wildman–Crippen MR) is 86.6 cm³/mol. The van der Waals surface area contributed by atoms with Crippen molar-refractivity contribution in [2.75, 3.05) is 13.7 Å². The molecule has 0 unspecified atom stereocenters. The number of benzene rings is 1. The van der Waals surface area contributed by atoms with Gasteiger partial charge in [-0.25, -0.2) is 4.99 Å². The molecule has 0 aliphatic rings. The molecular formula is C13H20IN3O. The number of aliphatic imine (C=N–C) groups is 1. The third-order valence-corrected chi connectivity index (χ3v) is 2.18. The molecule has 0 aliphatic heterocycles. The van der Waals surface area contributed by atoms with Gasteiger partial charge >= 0.3 is 0 Å². The zero-order chi connectivity index (χ0) is 12.7. The molecule has 18 heavy (non-hydrogen) atoms. The van der Waals surface area contributed by atoms with E-state index in [1.165, 1.54) is 0 Å². The Labute approximate surface area is 125 Å². The molecule has 1 aromatic rings. The summed E-state index contributed by atoms with van der Waals surface area (Å²) in [6, 6.07) is 7.75. The Hall–Kier alpha value is -1.24. The van der Waals surface area contributed by atoms with Gasteiger partial charge in [-0.05, 0) is 13.0 Å². The van der Waals surface area contributed by atoms with Crippen LogP contribution in [0, 0.1) is 0 Å². The lowest BCUT2D eigenvalue weighted by molar-refractivity contribution is 0.410. The van der Waals surface area contributed by atoms with Gasteiger partial charge in [-0.15, -0.1) is 24.0 Å². The fraction of sp³-hybridized carbons (Fsp3) is 0.308. The van der Waals surface area contributed by atoms with Crippen molar-refractivity contribution in [1.82, 2.24) is 5.32 Å². The molecule has 0 bridgehead atoms. The van der Waals surface area contributed by atoms with E-state index in [2.05, 4.69) is 16.9 Å². The van der Waals surface area contributed by atoms with E-state index < -0.39 is 0 Å². The molecule has 0 atom stereocenters. The van der Waals surface area contributed by atoms with Crippen molar-refractivity contribution in [2.45, 2.75) is 13.5 Å². The Morgan fingerprint density at radius 1 is 1.44 bits per heavy atom. The van der Waals surface area contributed by atoms with Gasteiger partial charge in [0.15, 0.2) is 5.96 Å². The number of nitrogens with zero attached hydrogens (tertiary/aromatic N) is 1. The number of nitrogens with one attached hydrogen (secondary N) is 1. The van der Waals surface area contributed by atoms with Gasteiger partial charge in [-0.1, -0.05) is 30.4 Å². The maximum absolute atomic E-state index is 5.72. The highest BCUT2D eigenvalue weighted by Crippen LogP contribution is 2.17. The molecule has 0 fully saturated rings. The Bertz CT molecular complexity index is 418. The zero-order valence-corrected chi connectivity index (χ0v) is 13.1. The molecule has 1 aromatic carbocycles. The van der Waals surface area contributed by atoms with E-state index in [-0.39, 0.29) is 24.0 Å². The SMILES string of the molecule is C=C(C)CNC(N)=NCc1ccccc1OC.I. The number of guanidine groups is 1. The van der Waals surface area contributed by atoms with Crippen molar-refractivity contribution in [3.05, 3.63) is 42.0 Å². The van der Waals surface area contributed by atoms with Crippen LogP contribution < -0.4 is 15.8 Å². The summed E-state index contributed by atoms with van der Waals surface area (Å²) in [5, 5.41) is 2.98. The largest absolute Gasteiger partial charge is 0.496 e. The quantitative estimate of drug-likeness (QED) is 0.366. The molecule has 0 aliphatic carbocycles. The van der Waals surface area contributed by atoms with Crippen molar-refractivity contribution in [1.29, 1.82) is 0 Å². The number of rotatable bonds is 5. The average molecular weight is 361 g/mol. The van der Waals surface area contributed by atoms with Gasteiger partial charge in [-0.3, -0.25) is 0 Å². The molecule has 0 aromatic heterocycles. The highest BCUT2D eigenvalue weighted by Gasteiger charge is 2.00. The summed E-state index contributed by atoms with van der Waals surface area (Å²) in [5.74, 6) is 1.24. The number of para-hydroxylation sites is 1. The summed E-state index contributed by atoms with van der Waals surface area (Å²) < 4.78 is 5.23. The van der Waals surface area contributed by atoms with Crippen LogP contribution in [0.3, 0.4) is 0 Å². The number of hydrogen-bond acceptors (Lipinski definition) is 2. The molecule has 0 amide bonds. The Morgan fingerprint density at radius 3 is 2.72 bits per heavy atom. The maximum atomic E-state index is 5.72. The van der Waals surface area contributed by atoms with Gasteiger partial charge < -0.3 is 15.8 Å². The Morgan fingerprint density at radius 2 is 2.11 bits per heavy atom. The first-order valence-corrected chi connectivity index (χ1v) is 5.43. The molecule has 0 saturated carbocycles. The van der Waals surface area contributed by atoms with E-state index in [1.807, 2.05) is 31.2 Å². The van der Waals surface area contributed by atoms with Crippen molar-refractivity contribution < 1.29 is 4.74 Å². The van der Waals surface area contributed by atoms with Crippen LogP contribution in [0.4, 0.5) is 0 Å². The third-order valence-electron chi connectivity index (χ3n) is 2.18. The molecule has 3 N–H and O–H groups in total. The van der Waals surface area contributed by atoms with Gasteiger partial charge in [0.25, 0.3) is 0 Å². The second kappa shape index (κ2) is 8.79. The lowest BCUT2D eigenvalue weighted by Crippen LogP contribution is -2.32. The van der Waals surface area contributed by atoms with Crippen LogP contribution in [0.15, 0.2) is 41.4 Å². The molecule has 5 heteroatoms. The molecule has 0 saturated heterocycles. The Kier molecular flexibility index (Phi) is 8.19. The maximum Gasteiger partial charge on any atom is 0.189 e. The predicted octanol–water partition coefficient (Wildman–Crippen LogP) is 2.29. The smallest absolute Gasteiger partial charge is 0.189 e. The van der Waals surface area contributed by atoms with Crippen LogP contribution in [0.5, 0.6) is 5.75 Å². The fourth-order valence-electron chi connectivity index (χ4n) is 1.30. The van der Waals surface area contributed by atoms with Crippen LogP contribution in [-0.4, -0.2) is 19.6 Å². The van der Waals surface area contributed by atoms with Crippen molar-refractivity contribution in [3.63, 3.8) is 0 Å². The highest BCUT2D eigenvalue weighted by molar-refractivity contribution is 14.0. The van der Waals surface area contributed by atoms with Crippen LogP contribution in [-0.2, 0) is 6.54 Å². The monoisotopic (exact) mass is 361 g/mol. The second-order valence-electron chi connectivity index (χ2n) is 3.82. The van der Waals surface area contributed by atoms with Crippen LogP contribution in [0.1, 0.15) is 12.5 Å². The van der Waals surface area contributed by atoms with Crippen molar-refractivity contribution in [2.24, 2.45) is 10.7 Å². The van der Waals surface area contributed by atoms with Crippen molar-refractivity contribution >= 4 is 29.9 Å². The average Bonchev–Trinajstić information content (AvgIpc) is 2.34. The third kappa shape index (κ3) is 5.90. The summed E-state index contributed by atoms with van der Waals surface area (Å²) >= 11 is 0. The lowest BCUT2D eigenvalue weighted by Gasteiger charge is -2.07. The van der Waals surface area contributed by atoms with E-state index in [1.54, 1.807) is 7.11 Å². The standard InChI is InChI=1S/C13H19N3O.HI/c1-10(2)8-15-13(14)16-9-11-6-4-5-7-12(11)17-3;/h4-7H,1,8-9H2,2-3H3,(H3,14,15,16);1H. The van der Waals surface area contributed by atoms with Crippen LogP contribution >= 0.6 is 24.0 Å². The number of nitrogens with two attached hydrogens (primary N) is 1. The number of halogens is 1. The summed E-state index contributed by atoms with van der Waals surface area (Å²) in [4.78, 5) is 4.24. The summed E-state index contributed by atoms with van der Waals surface area (Å²) in [6.07, 6.45) is 0. The highest BCUT2D eigenvalue weighted by atomic mass is 127. The topological polar surface area (TPSA) is 59.6 Å². The normalized spacial score (nSPS) is 10.4. The first kappa shape index (κ1) is 16.8. The van der Waals surface area contributed by atoms with E-state index in [0.717, 1.165) is 16.9 Å². The molecule has 0 radical (unpaired) electrons. The first-order valence-electron chi connectivity index (χ1n) is 5.43. The molecule has 0 heterocycles. The fourth-order valence-corrected chi connectivity index (χ4v) is 1.30. The molecule has 0 spiro atoms. The summed E-state index contributed by atoms with van der Waals surface area (Å²) in [7, 11) is 1.64. The van der Waals surface area contributed by atoms with Gasteiger partial charge in [0.2, 0.25) is 0 Å². The minimum Gasteiger partial charge on any atom is -0.496 e. The summed E-state index contributed by atoms with van der Waals surface area (Å²) in [6.45, 7) is 6.85. The molecule has 100 valence electrons. The second-order valence-corrected chi connectivity index (χ2v) is 3.82. The van der Waals surface area contributed by atoms with E-state index in [9.17, 15) is 0 Å². The van der Waals surface area contributed by atoms with Gasteiger partial charge in [-0.2, -0.15) is 0 Å². The van der Waals surface area contributed by atoms with Crippen molar-refractivity contribution in [3.8, 4) is 5.75 Å². The van der Waals surface area contributed by atoms with Gasteiger partial charge in [0, 0.05) is 12.1 Å². The number of ether oxygens (including phenoxy) is 1. The van der Waals surface area contributed by atoms with E-state index in [4.69, 9.17) is 10.5 Å². The van der Waals surface area contributed by atoms with Gasteiger partial charge in [0.1, 0.15) is 5.75 Å². The molecular weight excluding hydrogens is 341 g/mol. The molecule has 4 nitrogen and oxygen atoms in total. The van der Waals surface area contributed by atoms with Crippen LogP contribution in [0.25, 0.3) is 0 Å². The lowest BCUT2D eigenvalue weighted by atomic mass is 10.2. The first-order chi connectivity index (χ1) is 8.13. The minimum absolute atomic E-state index is 0. The minimum atomic E-state index is 0.